The number of pyridine rings is 1. The van der Waals surface area contributed by atoms with Crippen molar-refractivity contribution in [2.45, 2.75) is 6.92 Å². The zero-order valence-corrected chi connectivity index (χ0v) is 8.76. The number of anilines is 1. The summed E-state index contributed by atoms with van der Waals surface area (Å²) in [5.41, 5.74) is 0.667. The lowest BCUT2D eigenvalue weighted by molar-refractivity contribution is 0.252. The second-order valence-corrected chi connectivity index (χ2v) is 3.29. The Morgan fingerprint density at radius 2 is 2.38 bits per heavy atom. The van der Waals surface area contributed by atoms with Gasteiger partial charge in [0.25, 0.3) is 0 Å². The van der Waals surface area contributed by atoms with Crippen molar-refractivity contribution in [1.29, 1.82) is 0 Å². The standard InChI is InChI=1S/C8H10BrN3O/c1-2-11-8(13)12-7-3-6(9)4-10-5-7/h3-5H,2H2,1H3,(H2,11,12,13). The number of rotatable bonds is 2. The van der Waals surface area contributed by atoms with E-state index in [9.17, 15) is 4.79 Å². The van der Waals surface area contributed by atoms with E-state index in [1.54, 1.807) is 18.5 Å². The van der Waals surface area contributed by atoms with E-state index >= 15 is 0 Å². The number of carbonyl (C=O) groups excluding carboxylic acids is 1. The molecular formula is C8H10BrN3O. The van der Waals surface area contributed by atoms with Crippen LogP contribution < -0.4 is 10.6 Å². The number of amides is 2. The van der Waals surface area contributed by atoms with Crippen LogP contribution in [0.15, 0.2) is 22.9 Å². The van der Waals surface area contributed by atoms with Gasteiger partial charge in [0.2, 0.25) is 0 Å². The Kier molecular flexibility index (Phi) is 3.70. The van der Waals surface area contributed by atoms with Crippen molar-refractivity contribution in [3.8, 4) is 0 Å². The van der Waals surface area contributed by atoms with E-state index in [0.29, 0.717) is 12.2 Å². The van der Waals surface area contributed by atoms with E-state index in [1.807, 2.05) is 6.92 Å². The lowest BCUT2D eigenvalue weighted by Crippen LogP contribution is -2.28. The fourth-order valence-electron chi connectivity index (χ4n) is 0.816. The summed E-state index contributed by atoms with van der Waals surface area (Å²) < 4.78 is 0.835. The third-order valence-corrected chi connectivity index (χ3v) is 1.73. The van der Waals surface area contributed by atoms with Crippen LogP contribution in [0.3, 0.4) is 0 Å². The Labute approximate surface area is 84.9 Å². The van der Waals surface area contributed by atoms with Gasteiger partial charge in [-0.1, -0.05) is 0 Å². The van der Waals surface area contributed by atoms with Crippen molar-refractivity contribution in [2.24, 2.45) is 0 Å². The van der Waals surface area contributed by atoms with Crippen LogP contribution in [-0.2, 0) is 0 Å². The highest BCUT2D eigenvalue weighted by Crippen LogP contribution is 2.13. The SMILES string of the molecule is CCNC(=O)Nc1cncc(Br)c1. The van der Waals surface area contributed by atoms with E-state index in [-0.39, 0.29) is 6.03 Å². The van der Waals surface area contributed by atoms with Crippen LogP contribution in [0.25, 0.3) is 0 Å². The molecule has 1 aromatic heterocycles. The van der Waals surface area contributed by atoms with Gasteiger partial charge in [0.15, 0.2) is 0 Å². The molecule has 0 bridgehead atoms. The number of carbonyl (C=O) groups is 1. The third-order valence-electron chi connectivity index (χ3n) is 1.30. The van der Waals surface area contributed by atoms with Crippen LogP contribution in [0.1, 0.15) is 6.92 Å². The number of nitrogens with one attached hydrogen (secondary N) is 2. The number of urea groups is 1. The zero-order valence-electron chi connectivity index (χ0n) is 7.17. The van der Waals surface area contributed by atoms with Gasteiger partial charge >= 0.3 is 6.03 Å². The molecule has 0 saturated heterocycles. The van der Waals surface area contributed by atoms with Crippen LogP contribution in [0, 0.1) is 0 Å². The predicted octanol–water partition coefficient (Wildman–Crippen LogP) is 1.99. The van der Waals surface area contributed by atoms with E-state index in [2.05, 4.69) is 31.5 Å². The molecule has 1 aromatic rings. The van der Waals surface area contributed by atoms with Crippen molar-refractivity contribution >= 4 is 27.6 Å². The molecule has 70 valence electrons. The summed E-state index contributed by atoms with van der Waals surface area (Å²) in [6.45, 7) is 2.46. The van der Waals surface area contributed by atoms with Gasteiger partial charge in [-0.05, 0) is 28.9 Å². The first-order chi connectivity index (χ1) is 6.22. The molecule has 0 aromatic carbocycles. The maximum Gasteiger partial charge on any atom is 0.319 e. The van der Waals surface area contributed by atoms with E-state index in [4.69, 9.17) is 0 Å². The normalized spacial score (nSPS) is 9.38. The average molecular weight is 244 g/mol. The van der Waals surface area contributed by atoms with Gasteiger partial charge in [-0.25, -0.2) is 4.79 Å². The van der Waals surface area contributed by atoms with Gasteiger partial charge in [-0.3, -0.25) is 4.98 Å². The number of hydrogen-bond donors (Lipinski definition) is 2. The van der Waals surface area contributed by atoms with Crippen molar-refractivity contribution in [3.05, 3.63) is 22.9 Å². The first-order valence-corrected chi connectivity index (χ1v) is 4.67. The van der Waals surface area contributed by atoms with Crippen LogP contribution in [-0.4, -0.2) is 17.6 Å². The molecule has 4 nitrogen and oxygen atoms in total. The lowest BCUT2D eigenvalue weighted by atomic mass is 10.4. The highest BCUT2D eigenvalue weighted by atomic mass is 79.9. The molecule has 0 radical (unpaired) electrons. The Morgan fingerprint density at radius 3 is 3.00 bits per heavy atom. The Morgan fingerprint density at radius 1 is 1.62 bits per heavy atom. The Bertz CT molecular complexity index is 303. The molecule has 0 spiro atoms. The molecule has 0 saturated carbocycles. The second-order valence-electron chi connectivity index (χ2n) is 2.38. The Hall–Kier alpha value is -1.10. The molecule has 5 heteroatoms. The minimum absolute atomic E-state index is 0.220. The molecule has 0 fully saturated rings. The van der Waals surface area contributed by atoms with Crippen molar-refractivity contribution in [1.82, 2.24) is 10.3 Å². The van der Waals surface area contributed by atoms with Gasteiger partial charge in [0.1, 0.15) is 0 Å². The third kappa shape index (κ3) is 3.42. The second kappa shape index (κ2) is 4.81. The summed E-state index contributed by atoms with van der Waals surface area (Å²) in [5.74, 6) is 0. The summed E-state index contributed by atoms with van der Waals surface area (Å²) in [4.78, 5) is 15.0. The van der Waals surface area contributed by atoms with E-state index in [0.717, 1.165) is 4.47 Å². The fraction of sp³-hybridized carbons (Fsp3) is 0.250. The van der Waals surface area contributed by atoms with Crippen molar-refractivity contribution in [3.63, 3.8) is 0 Å². The first kappa shape index (κ1) is 9.98. The van der Waals surface area contributed by atoms with Crippen LogP contribution in [0.4, 0.5) is 10.5 Å². The minimum Gasteiger partial charge on any atom is -0.338 e. The molecule has 2 amide bonds. The fourth-order valence-corrected chi connectivity index (χ4v) is 1.18. The van der Waals surface area contributed by atoms with Gasteiger partial charge in [-0.15, -0.1) is 0 Å². The summed E-state index contributed by atoms with van der Waals surface area (Å²) in [5, 5.41) is 5.26. The van der Waals surface area contributed by atoms with Crippen LogP contribution in [0.5, 0.6) is 0 Å². The minimum atomic E-state index is -0.220. The maximum absolute atomic E-state index is 11.1. The van der Waals surface area contributed by atoms with Gasteiger partial charge in [0.05, 0.1) is 11.9 Å². The molecule has 0 aliphatic heterocycles. The highest BCUT2D eigenvalue weighted by Gasteiger charge is 1.99. The molecule has 1 heterocycles. The Balaban J connectivity index is 2.58. The van der Waals surface area contributed by atoms with Crippen molar-refractivity contribution < 1.29 is 4.79 Å². The number of nitrogens with zero attached hydrogens (tertiary/aromatic N) is 1. The lowest BCUT2D eigenvalue weighted by Gasteiger charge is -2.04. The van der Waals surface area contributed by atoms with Crippen LogP contribution >= 0.6 is 15.9 Å². The summed E-state index contributed by atoms with van der Waals surface area (Å²) in [7, 11) is 0. The van der Waals surface area contributed by atoms with Crippen LogP contribution in [0.2, 0.25) is 0 Å². The quantitative estimate of drug-likeness (QED) is 0.835. The van der Waals surface area contributed by atoms with Gasteiger partial charge in [0, 0.05) is 17.2 Å². The largest absolute Gasteiger partial charge is 0.338 e. The van der Waals surface area contributed by atoms with Crippen molar-refractivity contribution in [2.75, 3.05) is 11.9 Å². The molecular weight excluding hydrogens is 234 g/mol. The molecule has 0 atom stereocenters. The predicted molar refractivity (Wildman–Crippen MR) is 54.6 cm³/mol. The molecule has 0 aliphatic carbocycles. The number of halogens is 1. The van der Waals surface area contributed by atoms with Gasteiger partial charge < -0.3 is 10.6 Å². The number of aromatic nitrogens is 1. The molecule has 1 rings (SSSR count). The summed E-state index contributed by atoms with van der Waals surface area (Å²) >= 11 is 3.26. The number of hydrogen-bond acceptors (Lipinski definition) is 2. The summed E-state index contributed by atoms with van der Waals surface area (Å²) in [6, 6.07) is 1.56. The zero-order chi connectivity index (χ0) is 9.68. The highest BCUT2D eigenvalue weighted by molar-refractivity contribution is 9.10. The molecule has 0 unspecified atom stereocenters. The molecule has 0 aliphatic rings. The summed E-state index contributed by atoms with van der Waals surface area (Å²) in [6.07, 6.45) is 3.24. The molecule has 13 heavy (non-hydrogen) atoms. The smallest absolute Gasteiger partial charge is 0.319 e. The first-order valence-electron chi connectivity index (χ1n) is 3.87. The van der Waals surface area contributed by atoms with Gasteiger partial charge in [-0.2, -0.15) is 0 Å². The van der Waals surface area contributed by atoms with E-state index < -0.39 is 0 Å². The van der Waals surface area contributed by atoms with E-state index in [1.165, 1.54) is 0 Å². The molecule has 2 N–H and O–H groups in total. The monoisotopic (exact) mass is 243 g/mol. The average Bonchev–Trinajstić information content (AvgIpc) is 2.04. The topological polar surface area (TPSA) is 54.0 Å². The maximum atomic E-state index is 11.1.